The highest BCUT2D eigenvalue weighted by atomic mass is 32.2. The van der Waals surface area contributed by atoms with E-state index < -0.39 is 28.9 Å². The number of thioether (sulfide) groups is 1. The van der Waals surface area contributed by atoms with Gasteiger partial charge >= 0.3 is 0 Å². The molecule has 0 spiro atoms. The Morgan fingerprint density at radius 3 is 2.42 bits per heavy atom. The van der Waals surface area contributed by atoms with Gasteiger partial charge in [-0.1, -0.05) is 18.2 Å². The Morgan fingerprint density at radius 1 is 1.17 bits per heavy atom. The molecule has 2 heterocycles. The molecular weight excluding hydrogens is 350 g/mol. The summed E-state index contributed by atoms with van der Waals surface area (Å²) in [5.41, 5.74) is 0.509. The average Bonchev–Trinajstić information content (AvgIpc) is 2.79. The van der Waals surface area contributed by atoms with Crippen LogP contribution in [0.4, 0.5) is 10.5 Å². The van der Waals surface area contributed by atoms with Crippen LogP contribution in [0.1, 0.15) is 0 Å². The van der Waals surface area contributed by atoms with Gasteiger partial charge in [-0.2, -0.15) is 0 Å². The lowest BCUT2D eigenvalue weighted by molar-refractivity contribution is -0.131. The second-order valence-electron chi connectivity index (χ2n) is 5.04. The number of nitrogens with one attached hydrogen (secondary N) is 1. The van der Waals surface area contributed by atoms with E-state index in [-0.39, 0.29) is 10.0 Å². The summed E-state index contributed by atoms with van der Waals surface area (Å²) in [4.78, 5) is 50.5. The van der Waals surface area contributed by atoms with Crippen molar-refractivity contribution in [3.8, 4) is 0 Å². The van der Waals surface area contributed by atoms with Gasteiger partial charge in [-0.15, -0.1) is 0 Å². The molecule has 2 aliphatic rings. The van der Waals surface area contributed by atoms with Crippen molar-refractivity contribution in [1.29, 1.82) is 0 Å². The number of hydrogen-bond donors (Lipinski definition) is 1. The molecule has 3 rings (SSSR count). The van der Waals surface area contributed by atoms with Gasteiger partial charge in [0.1, 0.15) is 5.92 Å². The molecule has 4 amide bonds. The Morgan fingerprint density at radius 2 is 1.83 bits per heavy atom. The zero-order valence-corrected chi connectivity index (χ0v) is 14.0. The van der Waals surface area contributed by atoms with Gasteiger partial charge in [-0.05, 0) is 42.2 Å². The molecule has 0 aromatic heterocycles. The molecule has 1 aromatic carbocycles. The highest BCUT2D eigenvalue weighted by molar-refractivity contribution is 8.18. The first-order valence-corrected chi connectivity index (χ1v) is 8.08. The quantitative estimate of drug-likeness (QED) is 0.485. The summed E-state index contributed by atoms with van der Waals surface area (Å²) in [5, 5.41) is 1.98. The number of benzene rings is 1. The first kappa shape index (κ1) is 16.3. The van der Waals surface area contributed by atoms with Crippen LogP contribution in [0.5, 0.6) is 0 Å². The monoisotopic (exact) mass is 361 g/mol. The highest BCUT2D eigenvalue weighted by Crippen LogP contribution is 2.31. The van der Waals surface area contributed by atoms with E-state index in [0.29, 0.717) is 17.4 Å². The summed E-state index contributed by atoms with van der Waals surface area (Å²) >= 11 is 5.77. The SMILES string of the molecule is CN1C(=O)S/C(=C\[C@H]2C(=O)NC(=S)N(c3ccccc3)C2=O)C1=O. The van der Waals surface area contributed by atoms with Gasteiger partial charge in [0, 0.05) is 7.05 Å². The van der Waals surface area contributed by atoms with Crippen LogP contribution >= 0.6 is 24.0 Å². The van der Waals surface area contributed by atoms with Crippen LogP contribution in [-0.2, 0) is 14.4 Å². The molecule has 9 heteroatoms. The van der Waals surface area contributed by atoms with E-state index in [1.165, 1.54) is 18.0 Å². The van der Waals surface area contributed by atoms with Crippen LogP contribution in [-0.4, -0.2) is 40.0 Å². The second kappa shape index (κ2) is 6.17. The minimum absolute atomic E-state index is 0.0237. The molecule has 0 aliphatic carbocycles. The van der Waals surface area contributed by atoms with Crippen LogP contribution in [0.15, 0.2) is 41.3 Å². The van der Waals surface area contributed by atoms with Gasteiger partial charge < -0.3 is 5.32 Å². The molecule has 0 bridgehead atoms. The lowest BCUT2D eigenvalue weighted by atomic mass is 10.0. The summed E-state index contributed by atoms with van der Waals surface area (Å²) in [6.45, 7) is 0. The Balaban J connectivity index is 1.95. The summed E-state index contributed by atoms with van der Waals surface area (Å²) in [6, 6.07) is 8.61. The van der Waals surface area contributed by atoms with E-state index in [9.17, 15) is 19.2 Å². The molecule has 0 unspecified atom stereocenters. The van der Waals surface area contributed by atoms with E-state index in [1.807, 2.05) is 0 Å². The Kier molecular flexibility index (Phi) is 4.20. The third kappa shape index (κ3) is 2.72. The van der Waals surface area contributed by atoms with Crippen LogP contribution in [0, 0.1) is 5.92 Å². The average molecular weight is 361 g/mol. The summed E-state index contributed by atoms with van der Waals surface area (Å²) in [5.74, 6) is -2.97. The molecule has 24 heavy (non-hydrogen) atoms. The molecule has 2 saturated heterocycles. The molecular formula is C15H11N3O4S2. The maximum absolute atomic E-state index is 12.7. The van der Waals surface area contributed by atoms with Gasteiger partial charge in [-0.25, -0.2) is 0 Å². The molecule has 0 saturated carbocycles. The van der Waals surface area contributed by atoms with Gasteiger partial charge in [0.05, 0.1) is 10.6 Å². The molecule has 7 nitrogen and oxygen atoms in total. The number of amides is 4. The number of nitrogens with zero attached hydrogens (tertiary/aromatic N) is 2. The standard InChI is InChI=1S/C15H11N3O4S2/c1-17-13(21)10(24-15(17)22)7-9-11(19)16-14(23)18(12(9)20)8-5-3-2-4-6-8/h2-7,9H,1H3,(H,16,19,23)/b10-7-/t9-/m0/s1. The number of carbonyl (C=O) groups is 4. The van der Waals surface area contributed by atoms with Gasteiger partial charge in [0.25, 0.3) is 11.1 Å². The maximum atomic E-state index is 12.7. The number of para-hydroxylation sites is 1. The van der Waals surface area contributed by atoms with Crippen LogP contribution in [0.2, 0.25) is 0 Å². The molecule has 1 N–H and O–H groups in total. The first-order chi connectivity index (χ1) is 11.4. The molecule has 2 fully saturated rings. The molecule has 0 radical (unpaired) electrons. The van der Waals surface area contributed by atoms with Crippen LogP contribution in [0.25, 0.3) is 0 Å². The minimum Gasteiger partial charge on any atom is -0.301 e. The van der Waals surface area contributed by atoms with E-state index in [1.54, 1.807) is 30.3 Å². The fraction of sp³-hybridized carbons (Fsp3) is 0.133. The predicted molar refractivity (Wildman–Crippen MR) is 92.0 cm³/mol. The summed E-state index contributed by atoms with van der Waals surface area (Å²) in [6.07, 6.45) is 1.21. The normalized spacial score (nSPS) is 23.3. The van der Waals surface area contributed by atoms with Crippen molar-refractivity contribution in [2.75, 3.05) is 11.9 Å². The lowest BCUT2D eigenvalue weighted by Gasteiger charge is -2.31. The van der Waals surface area contributed by atoms with Crippen molar-refractivity contribution < 1.29 is 19.2 Å². The summed E-state index contributed by atoms with van der Waals surface area (Å²) in [7, 11) is 1.34. The molecule has 122 valence electrons. The Labute approximate surface area is 146 Å². The Hall–Kier alpha value is -2.52. The fourth-order valence-corrected chi connectivity index (χ4v) is 3.40. The number of imide groups is 1. The van der Waals surface area contributed by atoms with Crippen molar-refractivity contribution >= 4 is 57.7 Å². The van der Waals surface area contributed by atoms with Crippen molar-refractivity contribution in [2.24, 2.45) is 5.92 Å². The van der Waals surface area contributed by atoms with Crippen molar-refractivity contribution in [3.63, 3.8) is 0 Å². The first-order valence-electron chi connectivity index (χ1n) is 6.85. The van der Waals surface area contributed by atoms with E-state index in [4.69, 9.17) is 12.2 Å². The van der Waals surface area contributed by atoms with Gasteiger partial charge in [0.15, 0.2) is 5.11 Å². The van der Waals surface area contributed by atoms with Crippen LogP contribution < -0.4 is 10.2 Å². The maximum Gasteiger partial charge on any atom is 0.293 e. The second-order valence-corrected chi connectivity index (χ2v) is 6.42. The lowest BCUT2D eigenvalue weighted by Crippen LogP contribution is -2.57. The minimum atomic E-state index is -1.23. The van der Waals surface area contributed by atoms with E-state index >= 15 is 0 Å². The van der Waals surface area contributed by atoms with E-state index in [0.717, 1.165) is 4.90 Å². The smallest absolute Gasteiger partial charge is 0.293 e. The topological polar surface area (TPSA) is 86.8 Å². The number of hydrogen-bond acceptors (Lipinski definition) is 6. The van der Waals surface area contributed by atoms with Crippen molar-refractivity contribution in [3.05, 3.63) is 41.3 Å². The predicted octanol–water partition coefficient (Wildman–Crippen LogP) is 1.26. The summed E-state index contributed by atoms with van der Waals surface area (Å²) < 4.78 is 0. The number of thiocarbonyl (C=S) groups is 1. The highest BCUT2D eigenvalue weighted by Gasteiger charge is 2.41. The third-order valence-corrected chi connectivity index (χ3v) is 4.78. The van der Waals surface area contributed by atoms with E-state index in [2.05, 4.69) is 5.32 Å². The number of carbonyl (C=O) groups excluding carboxylic acids is 4. The molecule has 1 aromatic rings. The fourth-order valence-electron chi connectivity index (χ4n) is 2.27. The number of rotatable bonds is 2. The largest absolute Gasteiger partial charge is 0.301 e. The van der Waals surface area contributed by atoms with Crippen molar-refractivity contribution in [2.45, 2.75) is 0 Å². The zero-order chi connectivity index (χ0) is 17.4. The van der Waals surface area contributed by atoms with Gasteiger partial charge in [-0.3, -0.25) is 29.0 Å². The number of anilines is 1. The zero-order valence-electron chi connectivity index (χ0n) is 12.4. The van der Waals surface area contributed by atoms with Crippen molar-refractivity contribution in [1.82, 2.24) is 10.2 Å². The van der Waals surface area contributed by atoms with Gasteiger partial charge in [0.2, 0.25) is 11.8 Å². The Bertz CT molecular complexity index is 806. The van der Waals surface area contributed by atoms with Crippen LogP contribution in [0.3, 0.4) is 0 Å². The number of likely N-dealkylation sites (N-methyl/N-ethyl adjacent to an activating group) is 1. The molecule has 1 atom stereocenters. The third-order valence-electron chi connectivity index (χ3n) is 3.52. The molecule has 2 aliphatic heterocycles.